The summed E-state index contributed by atoms with van der Waals surface area (Å²) in [4.78, 5) is 32.0. The smallest absolute Gasteiger partial charge is 0.251 e. The first kappa shape index (κ1) is 23.1. The fourth-order valence-corrected chi connectivity index (χ4v) is 5.77. The molecule has 36 heavy (non-hydrogen) atoms. The zero-order valence-corrected chi connectivity index (χ0v) is 21.0. The molecule has 9 nitrogen and oxygen atoms in total. The maximum Gasteiger partial charge on any atom is 0.251 e. The summed E-state index contributed by atoms with van der Waals surface area (Å²) in [6, 6.07) is 12.2. The topological polar surface area (TPSA) is 92.7 Å². The number of hydrogen-bond donors (Lipinski definition) is 1. The van der Waals surface area contributed by atoms with E-state index in [0.717, 1.165) is 54.3 Å². The number of ether oxygens (including phenoxy) is 2. The average molecular weight is 489 g/mol. The summed E-state index contributed by atoms with van der Waals surface area (Å²) in [6.45, 7) is 7.15. The van der Waals surface area contributed by atoms with E-state index in [1.54, 1.807) is 13.1 Å². The molecule has 3 aliphatic heterocycles. The second kappa shape index (κ2) is 9.29. The molecular weight excluding hydrogens is 456 g/mol. The van der Waals surface area contributed by atoms with Crippen molar-refractivity contribution in [2.75, 3.05) is 43.2 Å². The van der Waals surface area contributed by atoms with E-state index in [0.29, 0.717) is 36.5 Å². The Bertz CT molecular complexity index is 1270. The number of pyridine rings is 1. The van der Waals surface area contributed by atoms with Gasteiger partial charge in [0.1, 0.15) is 5.82 Å². The van der Waals surface area contributed by atoms with Gasteiger partial charge in [0, 0.05) is 31.3 Å². The number of rotatable bonds is 4. The largest absolute Gasteiger partial charge is 0.377 e. The number of nitrogens with one attached hydrogen (secondary N) is 1. The van der Waals surface area contributed by atoms with Gasteiger partial charge in [-0.1, -0.05) is 12.1 Å². The van der Waals surface area contributed by atoms with E-state index in [1.165, 1.54) is 0 Å². The number of nitrogens with zero attached hydrogens (tertiary/aromatic N) is 5. The van der Waals surface area contributed by atoms with Gasteiger partial charge in [0.2, 0.25) is 5.95 Å². The van der Waals surface area contributed by atoms with Crippen molar-refractivity contribution in [1.82, 2.24) is 20.3 Å². The Labute approximate surface area is 210 Å². The molecule has 3 fully saturated rings. The lowest BCUT2D eigenvalue weighted by molar-refractivity contribution is -0.00537. The molecule has 2 unspecified atom stereocenters. The molecule has 4 atom stereocenters. The number of morpholine rings is 2. The fraction of sp³-hybridized carbons (Fsp3) is 0.481. The summed E-state index contributed by atoms with van der Waals surface area (Å²) < 4.78 is 11.8. The van der Waals surface area contributed by atoms with E-state index < -0.39 is 0 Å². The van der Waals surface area contributed by atoms with Crippen LogP contribution < -0.4 is 15.1 Å². The van der Waals surface area contributed by atoms with Gasteiger partial charge >= 0.3 is 0 Å². The average Bonchev–Trinajstić information content (AvgIpc) is 3.14. The molecule has 1 aromatic carbocycles. The van der Waals surface area contributed by atoms with Crippen LogP contribution in [0.5, 0.6) is 0 Å². The van der Waals surface area contributed by atoms with E-state index in [9.17, 15) is 4.79 Å². The zero-order chi connectivity index (χ0) is 24.8. The third-order valence-electron chi connectivity index (χ3n) is 7.37. The highest BCUT2D eigenvalue weighted by molar-refractivity contribution is 5.95. The lowest BCUT2D eigenvalue weighted by Gasteiger charge is -2.38. The molecule has 188 valence electrons. The first-order chi connectivity index (χ1) is 17.5. The van der Waals surface area contributed by atoms with Crippen LogP contribution in [-0.2, 0) is 9.47 Å². The number of anilines is 2. The van der Waals surface area contributed by atoms with Crippen molar-refractivity contribution in [1.29, 1.82) is 0 Å². The van der Waals surface area contributed by atoms with Gasteiger partial charge in [-0.05, 0) is 51.0 Å². The molecular formula is C27H32N6O3. The molecule has 5 heterocycles. The monoisotopic (exact) mass is 488 g/mol. The van der Waals surface area contributed by atoms with Gasteiger partial charge in [-0.2, -0.15) is 9.97 Å². The van der Waals surface area contributed by atoms with Gasteiger partial charge in [0.15, 0.2) is 5.65 Å². The molecule has 3 saturated heterocycles. The number of amides is 1. The molecule has 2 aromatic heterocycles. The van der Waals surface area contributed by atoms with Crippen molar-refractivity contribution in [3.63, 3.8) is 0 Å². The second-order valence-electron chi connectivity index (χ2n) is 10.1. The second-order valence-corrected chi connectivity index (χ2v) is 10.1. The molecule has 0 radical (unpaired) electrons. The summed E-state index contributed by atoms with van der Waals surface area (Å²) in [5.41, 5.74) is 2.91. The lowest BCUT2D eigenvalue weighted by Crippen LogP contribution is -2.48. The molecule has 3 aliphatic rings. The lowest BCUT2D eigenvalue weighted by atomic mass is 10.1. The normalized spacial score (nSPS) is 25.9. The van der Waals surface area contributed by atoms with Crippen LogP contribution in [0.4, 0.5) is 11.8 Å². The molecule has 0 aliphatic carbocycles. The van der Waals surface area contributed by atoms with Gasteiger partial charge in [-0.25, -0.2) is 4.98 Å². The summed E-state index contributed by atoms with van der Waals surface area (Å²) >= 11 is 0. The standard InChI is InChI=1S/C27H32N6O3/c1-16-12-32(13-17(2)36-16)25-22-9-10-23(18-5-4-6-19(11-18)26(34)28-3)29-24(22)30-27(31-25)33-20-7-8-21(33)15-35-14-20/h4-6,9-11,16-17,20-21H,7-8,12-15H2,1-3H3,(H,28,34)/t16-,17+,20?,21?. The van der Waals surface area contributed by atoms with E-state index in [-0.39, 0.29) is 18.1 Å². The van der Waals surface area contributed by atoms with Crippen molar-refractivity contribution >= 4 is 28.7 Å². The number of aromatic nitrogens is 3. The van der Waals surface area contributed by atoms with Crippen LogP contribution in [0.25, 0.3) is 22.3 Å². The maximum absolute atomic E-state index is 12.2. The minimum absolute atomic E-state index is 0.112. The van der Waals surface area contributed by atoms with Crippen LogP contribution >= 0.6 is 0 Å². The van der Waals surface area contributed by atoms with Gasteiger partial charge in [0.05, 0.1) is 48.6 Å². The first-order valence-electron chi connectivity index (χ1n) is 12.8. The van der Waals surface area contributed by atoms with Crippen LogP contribution in [0.3, 0.4) is 0 Å². The van der Waals surface area contributed by atoms with Crippen LogP contribution in [0.15, 0.2) is 36.4 Å². The van der Waals surface area contributed by atoms with Gasteiger partial charge in [-0.15, -0.1) is 0 Å². The van der Waals surface area contributed by atoms with Gasteiger partial charge < -0.3 is 24.6 Å². The highest BCUT2D eigenvalue weighted by atomic mass is 16.5. The predicted molar refractivity (Wildman–Crippen MR) is 138 cm³/mol. The van der Waals surface area contributed by atoms with Crippen LogP contribution in [0.1, 0.15) is 37.0 Å². The Balaban J connectivity index is 1.47. The summed E-state index contributed by atoms with van der Waals surface area (Å²) in [6.07, 6.45) is 2.41. The summed E-state index contributed by atoms with van der Waals surface area (Å²) in [5.74, 6) is 1.51. The van der Waals surface area contributed by atoms with Crippen molar-refractivity contribution in [2.24, 2.45) is 0 Å². The zero-order valence-electron chi connectivity index (χ0n) is 21.0. The minimum Gasteiger partial charge on any atom is -0.377 e. The number of carbonyl (C=O) groups is 1. The Hall–Kier alpha value is -3.30. The number of benzene rings is 1. The van der Waals surface area contributed by atoms with Crippen molar-refractivity contribution in [3.05, 3.63) is 42.0 Å². The third-order valence-corrected chi connectivity index (χ3v) is 7.37. The summed E-state index contributed by atoms with van der Waals surface area (Å²) in [5, 5.41) is 3.61. The van der Waals surface area contributed by atoms with Crippen LogP contribution in [-0.4, -0.2) is 78.5 Å². The van der Waals surface area contributed by atoms with Crippen molar-refractivity contribution in [2.45, 2.75) is 51.0 Å². The molecule has 6 rings (SSSR count). The van der Waals surface area contributed by atoms with Crippen molar-refractivity contribution < 1.29 is 14.3 Å². The van der Waals surface area contributed by atoms with Crippen LogP contribution in [0.2, 0.25) is 0 Å². The Morgan fingerprint density at radius 3 is 2.47 bits per heavy atom. The number of fused-ring (bicyclic) bond motifs is 3. The molecule has 9 heteroatoms. The van der Waals surface area contributed by atoms with Gasteiger partial charge in [0.25, 0.3) is 5.91 Å². The quantitative estimate of drug-likeness (QED) is 0.599. The molecule has 1 amide bonds. The SMILES string of the molecule is CNC(=O)c1cccc(-c2ccc3c(N4C[C@@H](C)O[C@@H](C)C4)nc(N4C5CCC4COC5)nc3n2)c1. The van der Waals surface area contributed by atoms with Crippen LogP contribution in [0, 0.1) is 0 Å². The first-order valence-corrected chi connectivity index (χ1v) is 12.8. The molecule has 1 N–H and O–H groups in total. The van der Waals surface area contributed by atoms with Gasteiger partial charge in [-0.3, -0.25) is 4.79 Å². The molecule has 0 saturated carbocycles. The Kier molecular flexibility index (Phi) is 5.97. The third kappa shape index (κ3) is 4.16. The van der Waals surface area contributed by atoms with E-state index in [4.69, 9.17) is 24.4 Å². The highest BCUT2D eigenvalue weighted by Crippen LogP contribution is 2.36. The summed E-state index contributed by atoms with van der Waals surface area (Å²) in [7, 11) is 1.63. The molecule has 3 aromatic rings. The Morgan fingerprint density at radius 2 is 1.75 bits per heavy atom. The Morgan fingerprint density at radius 1 is 1.00 bits per heavy atom. The molecule has 2 bridgehead atoms. The molecule has 0 spiro atoms. The van der Waals surface area contributed by atoms with E-state index in [2.05, 4.69) is 35.0 Å². The maximum atomic E-state index is 12.2. The number of hydrogen-bond acceptors (Lipinski definition) is 8. The highest BCUT2D eigenvalue weighted by Gasteiger charge is 2.39. The predicted octanol–water partition coefficient (Wildman–Crippen LogP) is 3.03. The van der Waals surface area contributed by atoms with Crippen molar-refractivity contribution in [3.8, 4) is 11.3 Å². The fourth-order valence-electron chi connectivity index (χ4n) is 5.77. The van der Waals surface area contributed by atoms with E-state index in [1.807, 2.05) is 24.3 Å². The minimum atomic E-state index is -0.122. The van der Waals surface area contributed by atoms with E-state index >= 15 is 0 Å². The number of carbonyl (C=O) groups excluding carboxylic acids is 1.